The van der Waals surface area contributed by atoms with Gasteiger partial charge in [0.1, 0.15) is 17.3 Å². The van der Waals surface area contributed by atoms with Gasteiger partial charge in [-0.3, -0.25) is 9.59 Å². The second-order valence-corrected chi connectivity index (χ2v) is 7.47. The van der Waals surface area contributed by atoms with Gasteiger partial charge in [0.25, 0.3) is 5.91 Å². The third-order valence-corrected chi connectivity index (χ3v) is 4.99. The van der Waals surface area contributed by atoms with Crippen molar-refractivity contribution in [3.63, 3.8) is 0 Å². The molecule has 11 heteroatoms. The largest absolute Gasteiger partial charge is 0.484 e. The van der Waals surface area contributed by atoms with Crippen LogP contribution in [0.15, 0.2) is 42.5 Å². The number of anilines is 1. The van der Waals surface area contributed by atoms with Gasteiger partial charge in [-0.15, -0.1) is 0 Å². The Balaban J connectivity index is 1.41. The average Bonchev–Trinajstić information content (AvgIpc) is 2.75. The Labute approximate surface area is 187 Å². The molecule has 3 N–H and O–H groups in total. The molecule has 0 unspecified atom stereocenters. The second-order valence-electron chi connectivity index (χ2n) is 7.06. The van der Waals surface area contributed by atoms with Crippen molar-refractivity contribution in [2.75, 3.05) is 18.5 Å². The molecule has 2 amide bonds. The van der Waals surface area contributed by atoms with Crippen LogP contribution in [0.3, 0.4) is 0 Å². The molecule has 1 heterocycles. The summed E-state index contributed by atoms with van der Waals surface area (Å²) in [5.41, 5.74) is 0.334. The summed E-state index contributed by atoms with van der Waals surface area (Å²) in [4.78, 5) is 24.5. The standard InChI is InChI=1S/C21H21ClF3N3O4/c22-16-6-5-14(9-17(16)23)31-11-19(29)27-13-4-7-18(26-10-13)20(30)28-12-2-1-3-15(8-12)32-21(24)25/h1-3,5-6,8-9,13,18,21,26H,4,7,10-11H2,(H,27,29)(H,28,30)/t13-,18+/m0/s1. The Hall–Kier alpha value is -2.98. The normalized spacial score (nSPS) is 18.2. The van der Waals surface area contributed by atoms with Crippen LogP contribution in [0, 0.1) is 5.82 Å². The monoisotopic (exact) mass is 471 g/mol. The Morgan fingerprint density at radius 3 is 2.66 bits per heavy atom. The summed E-state index contributed by atoms with van der Waals surface area (Å²) in [7, 11) is 0. The first-order valence-corrected chi connectivity index (χ1v) is 10.1. The van der Waals surface area contributed by atoms with Crippen molar-refractivity contribution >= 4 is 29.1 Å². The van der Waals surface area contributed by atoms with Gasteiger partial charge in [-0.1, -0.05) is 17.7 Å². The van der Waals surface area contributed by atoms with Gasteiger partial charge in [0.2, 0.25) is 5.91 Å². The van der Waals surface area contributed by atoms with Crippen LogP contribution in [0.4, 0.5) is 18.9 Å². The van der Waals surface area contributed by atoms with Crippen molar-refractivity contribution in [1.29, 1.82) is 0 Å². The molecule has 2 aromatic rings. The lowest BCUT2D eigenvalue weighted by Gasteiger charge is -2.29. The number of amides is 2. The molecule has 0 saturated carbocycles. The molecule has 2 atom stereocenters. The van der Waals surface area contributed by atoms with Crippen LogP contribution in [0.1, 0.15) is 12.8 Å². The highest BCUT2D eigenvalue weighted by Gasteiger charge is 2.26. The van der Waals surface area contributed by atoms with Gasteiger partial charge < -0.3 is 25.4 Å². The minimum absolute atomic E-state index is 0.0390. The van der Waals surface area contributed by atoms with E-state index in [1.54, 1.807) is 6.07 Å². The topological polar surface area (TPSA) is 88.7 Å². The van der Waals surface area contributed by atoms with Crippen molar-refractivity contribution in [2.45, 2.75) is 31.5 Å². The zero-order chi connectivity index (χ0) is 23.1. The highest BCUT2D eigenvalue weighted by Crippen LogP contribution is 2.21. The summed E-state index contributed by atoms with van der Waals surface area (Å²) in [5, 5.41) is 8.45. The van der Waals surface area contributed by atoms with Crippen LogP contribution in [0.5, 0.6) is 11.5 Å². The van der Waals surface area contributed by atoms with Crippen LogP contribution in [-0.4, -0.2) is 43.7 Å². The number of hydrogen-bond acceptors (Lipinski definition) is 5. The third kappa shape index (κ3) is 7.03. The average molecular weight is 472 g/mol. The van der Waals surface area contributed by atoms with Gasteiger partial charge in [0.05, 0.1) is 11.1 Å². The van der Waals surface area contributed by atoms with E-state index in [2.05, 4.69) is 20.7 Å². The second kappa shape index (κ2) is 11.1. The van der Waals surface area contributed by atoms with Crippen molar-refractivity contribution in [2.24, 2.45) is 0 Å². The number of rotatable bonds is 8. The fraction of sp³-hybridized carbons (Fsp3) is 0.333. The summed E-state index contributed by atoms with van der Waals surface area (Å²) in [6.07, 6.45) is 0.994. The minimum Gasteiger partial charge on any atom is -0.484 e. The van der Waals surface area contributed by atoms with E-state index in [9.17, 15) is 22.8 Å². The molecule has 0 bridgehead atoms. The summed E-state index contributed by atoms with van der Waals surface area (Å²) in [6.45, 7) is -2.89. The molecular formula is C21H21ClF3N3O4. The first-order chi connectivity index (χ1) is 15.3. The lowest BCUT2D eigenvalue weighted by atomic mass is 10.00. The fourth-order valence-electron chi connectivity index (χ4n) is 3.17. The van der Waals surface area contributed by atoms with E-state index in [0.29, 0.717) is 25.1 Å². The van der Waals surface area contributed by atoms with E-state index >= 15 is 0 Å². The number of nitrogens with one attached hydrogen (secondary N) is 3. The predicted octanol–water partition coefficient (Wildman–Crippen LogP) is 3.33. The van der Waals surface area contributed by atoms with Gasteiger partial charge >= 0.3 is 6.61 Å². The van der Waals surface area contributed by atoms with Gasteiger partial charge in [0, 0.05) is 30.4 Å². The van der Waals surface area contributed by atoms with Crippen LogP contribution in [0.25, 0.3) is 0 Å². The molecule has 1 aliphatic rings. The lowest BCUT2D eigenvalue weighted by molar-refractivity contribution is -0.124. The number of benzene rings is 2. The van der Waals surface area contributed by atoms with Crippen LogP contribution in [0.2, 0.25) is 5.02 Å². The molecule has 3 rings (SSSR count). The molecule has 0 radical (unpaired) electrons. The quantitative estimate of drug-likeness (QED) is 0.549. The molecule has 0 spiro atoms. The Morgan fingerprint density at radius 1 is 1.16 bits per heavy atom. The molecule has 1 saturated heterocycles. The molecule has 0 aromatic heterocycles. The summed E-state index contributed by atoms with van der Waals surface area (Å²) >= 11 is 5.60. The summed E-state index contributed by atoms with van der Waals surface area (Å²) in [5.74, 6) is -1.22. The van der Waals surface area contributed by atoms with E-state index in [0.717, 1.165) is 6.07 Å². The molecule has 1 aliphatic heterocycles. The fourth-order valence-corrected chi connectivity index (χ4v) is 3.29. The van der Waals surface area contributed by atoms with Crippen molar-refractivity contribution in [1.82, 2.24) is 10.6 Å². The van der Waals surface area contributed by atoms with E-state index in [-0.39, 0.29) is 41.0 Å². The number of halogens is 4. The molecule has 2 aromatic carbocycles. The molecule has 1 fully saturated rings. The lowest BCUT2D eigenvalue weighted by Crippen LogP contribution is -2.53. The molecular weight excluding hydrogens is 451 g/mol. The van der Waals surface area contributed by atoms with Crippen molar-refractivity contribution < 1.29 is 32.2 Å². The predicted molar refractivity (Wildman–Crippen MR) is 112 cm³/mol. The Bertz CT molecular complexity index is 956. The number of carbonyl (C=O) groups is 2. The number of carbonyl (C=O) groups excluding carboxylic acids is 2. The van der Waals surface area contributed by atoms with E-state index < -0.39 is 18.5 Å². The van der Waals surface area contributed by atoms with Gasteiger partial charge in [0.15, 0.2) is 6.61 Å². The van der Waals surface area contributed by atoms with Gasteiger partial charge in [-0.05, 0) is 37.1 Å². The first-order valence-electron chi connectivity index (χ1n) is 9.76. The maximum absolute atomic E-state index is 13.4. The number of ether oxygens (including phenoxy) is 2. The number of alkyl halides is 2. The highest BCUT2D eigenvalue weighted by molar-refractivity contribution is 6.30. The molecule has 172 valence electrons. The van der Waals surface area contributed by atoms with Crippen LogP contribution in [-0.2, 0) is 9.59 Å². The van der Waals surface area contributed by atoms with Gasteiger partial charge in [-0.2, -0.15) is 8.78 Å². The van der Waals surface area contributed by atoms with Crippen LogP contribution < -0.4 is 25.4 Å². The van der Waals surface area contributed by atoms with E-state index in [4.69, 9.17) is 16.3 Å². The Morgan fingerprint density at radius 2 is 1.97 bits per heavy atom. The van der Waals surface area contributed by atoms with Gasteiger partial charge in [-0.25, -0.2) is 4.39 Å². The zero-order valence-electron chi connectivity index (χ0n) is 16.7. The minimum atomic E-state index is -2.95. The van der Waals surface area contributed by atoms with Crippen LogP contribution >= 0.6 is 11.6 Å². The van der Waals surface area contributed by atoms with E-state index in [1.807, 2.05) is 0 Å². The number of piperidine rings is 1. The Kier molecular flexibility index (Phi) is 8.18. The SMILES string of the molecule is O=C(COc1ccc(Cl)c(F)c1)N[C@H]1CC[C@H](C(=O)Nc2cccc(OC(F)F)c2)NC1. The van der Waals surface area contributed by atoms with Crippen molar-refractivity contribution in [3.8, 4) is 11.5 Å². The van der Waals surface area contributed by atoms with E-state index in [1.165, 1.54) is 30.3 Å². The smallest absolute Gasteiger partial charge is 0.387 e. The zero-order valence-corrected chi connectivity index (χ0v) is 17.5. The molecule has 7 nitrogen and oxygen atoms in total. The maximum Gasteiger partial charge on any atom is 0.387 e. The maximum atomic E-state index is 13.4. The van der Waals surface area contributed by atoms with Crippen molar-refractivity contribution in [3.05, 3.63) is 53.3 Å². The number of hydrogen-bond donors (Lipinski definition) is 3. The molecule has 0 aliphatic carbocycles. The molecule has 32 heavy (non-hydrogen) atoms. The third-order valence-electron chi connectivity index (χ3n) is 4.68. The summed E-state index contributed by atoms with van der Waals surface area (Å²) < 4.78 is 47.6. The summed E-state index contributed by atoms with van der Waals surface area (Å²) in [6, 6.07) is 8.90. The highest BCUT2D eigenvalue weighted by atomic mass is 35.5. The first kappa shape index (κ1) is 23.7.